The Bertz CT molecular complexity index is 789. The second-order valence-corrected chi connectivity index (χ2v) is 5.65. The standard InChI is InChI=1S/C19H20N2O5/c1-24-19(23)13-2-4-14(5-3-13)21-18(22)8-9-20-15-6-7-16-17(12-15)26-11-10-25-16/h2-7,12,20H,8-11H2,1H3,(H,21,22). The molecule has 2 N–H and O–H groups in total. The zero-order valence-electron chi connectivity index (χ0n) is 14.4. The van der Waals surface area contributed by atoms with E-state index in [2.05, 4.69) is 15.4 Å². The number of hydrogen-bond donors (Lipinski definition) is 2. The van der Waals surface area contributed by atoms with Crippen LogP contribution in [-0.4, -0.2) is 38.7 Å². The molecule has 3 rings (SSSR count). The van der Waals surface area contributed by atoms with Crippen LogP contribution in [0.4, 0.5) is 11.4 Å². The molecule has 7 heteroatoms. The van der Waals surface area contributed by atoms with Crippen molar-refractivity contribution in [2.24, 2.45) is 0 Å². The van der Waals surface area contributed by atoms with Gasteiger partial charge in [0.05, 0.1) is 12.7 Å². The lowest BCUT2D eigenvalue weighted by atomic mass is 10.2. The SMILES string of the molecule is COC(=O)c1ccc(NC(=O)CCNc2ccc3c(c2)OCCO3)cc1. The molecular formula is C19H20N2O5. The van der Waals surface area contributed by atoms with Crippen LogP contribution in [0.5, 0.6) is 11.5 Å². The van der Waals surface area contributed by atoms with Crippen molar-refractivity contribution in [3.8, 4) is 11.5 Å². The van der Waals surface area contributed by atoms with Gasteiger partial charge in [-0.2, -0.15) is 0 Å². The summed E-state index contributed by atoms with van der Waals surface area (Å²) in [7, 11) is 1.33. The van der Waals surface area contributed by atoms with Crippen LogP contribution < -0.4 is 20.1 Å². The van der Waals surface area contributed by atoms with Crippen LogP contribution in [0.3, 0.4) is 0 Å². The number of rotatable bonds is 6. The quantitative estimate of drug-likeness (QED) is 0.774. The summed E-state index contributed by atoms with van der Waals surface area (Å²) < 4.78 is 15.6. The van der Waals surface area contributed by atoms with Gasteiger partial charge in [-0.15, -0.1) is 0 Å². The van der Waals surface area contributed by atoms with Gasteiger partial charge in [0, 0.05) is 30.4 Å². The van der Waals surface area contributed by atoms with Crippen LogP contribution in [-0.2, 0) is 9.53 Å². The lowest BCUT2D eigenvalue weighted by Crippen LogP contribution is -2.17. The predicted molar refractivity (Wildman–Crippen MR) is 96.9 cm³/mol. The molecule has 0 fully saturated rings. The maximum Gasteiger partial charge on any atom is 0.337 e. The molecule has 1 aliphatic heterocycles. The number of anilines is 2. The van der Waals surface area contributed by atoms with E-state index in [0.717, 1.165) is 11.4 Å². The zero-order chi connectivity index (χ0) is 18.4. The minimum absolute atomic E-state index is 0.124. The van der Waals surface area contributed by atoms with Crippen molar-refractivity contribution in [1.29, 1.82) is 0 Å². The number of benzene rings is 2. The van der Waals surface area contributed by atoms with Crippen LogP contribution in [0, 0.1) is 0 Å². The third-order valence-electron chi connectivity index (χ3n) is 3.81. The van der Waals surface area contributed by atoms with Gasteiger partial charge >= 0.3 is 5.97 Å². The van der Waals surface area contributed by atoms with Gasteiger partial charge in [0.1, 0.15) is 13.2 Å². The second kappa shape index (κ2) is 8.24. The number of carbonyl (C=O) groups is 2. The summed E-state index contributed by atoms with van der Waals surface area (Å²) in [6, 6.07) is 12.1. The normalized spacial score (nSPS) is 12.2. The molecule has 0 bridgehead atoms. The highest BCUT2D eigenvalue weighted by Crippen LogP contribution is 2.32. The highest BCUT2D eigenvalue weighted by Gasteiger charge is 2.12. The monoisotopic (exact) mass is 356 g/mol. The van der Waals surface area contributed by atoms with E-state index in [-0.39, 0.29) is 5.91 Å². The fraction of sp³-hybridized carbons (Fsp3) is 0.263. The third-order valence-corrected chi connectivity index (χ3v) is 3.81. The third kappa shape index (κ3) is 4.44. The number of nitrogens with one attached hydrogen (secondary N) is 2. The van der Waals surface area contributed by atoms with Crippen LogP contribution in [0.15, 0.2) is 42.5 Å². The first-order valence-corrected chi connectivity index (χ1v) is 8.27. The molecule has 26 heavy (non-hydrogen) atoms. The van der Waals surface area contributed by atoms with Gasteiger partial charge in [-0.05, 0) is 36.4 Å². The first-order chi connectivity index (χ1) is 12.7. The number of fused-ring (bicyclic) bond motifs is 1. The first-order valence-electron chi connectivity index (χ1n) is 8.27. The van der Waals surface area contributed by atoms with Crippen molar-refractivity contribution in [3.63, 3.8) is 0 Å². The first kappa shape index (κ1) is 17.6. The van der Waals surface area contributed by atoms with Gasteiger partial charge in [-0.3, -0.25) is 4.79 Å². The van der Waals surface area contributed by atoms with Crippen molar-refractivity contribution < 1.29 is 23.8 Å². The molecule has 0 atom stereocenters. The van der Waals surface area contributed by atoms with Crippen molar-refractivity contribution in [1.82, 2.24) is 0 Å². The number of methoxy groups -OCH3 is 1. The fourth-order valence-corrected chi connectivity index (χ4v) is 2.50. The summed E-state index contributed by atoms with van der Waals surface area (Å²) in [6.45, 7) is 1.57. The average molecular weight is 356 g/mol. The maximum atomic E-state index is 12.0. The highest BCUT2D eigenvalue weighted by atomic mass is 16.6. The lowest BCUT2D eigenvalue weighted by molar-refractivity contribution is -0.115. The largest absolute Gasteiger partial charge is 0.486 e. The van der Waals surface area contributed by atoms with Gasteiger partial charge < -0.3 is 24.8 Å². The topological polar surface area (TPSA) is 85.9 Å². The summed E-state index contributed by atoms with van der Waals surface area (Å²) in [5, 5.41) is 5.97. The molecule has 0 saturated heterocycles. The molecule has 0 spiro atoms. The van der Waals surface area contributed by atoms with E-state index < -0.39 is 5.97 Å². The Balaban J connectivity index is 1.46. The molecule has 1 amide bonds. The molecule has 0 unspecified atom stereocenters. The van der Waals surface area contributed by atoms with Crippen LogP contribution >= 0.6 is 0 Å². The zero-order valence-corrected chi connectivity index (χ0v) is 14.4. The lowest BCUT2D eigenvalue weighted by Gasteiger charge is -2.19. The maximum absolute atomic E-state index is 12.0. The molecule has 0 saturated carbocycles. The highest BCUT2D eigenvalue weighted by molar-refractivity contribution is 5.93. The summed E-state index contributed by atoms with van der Waals surface area (Å²) >= 11 is 0. The molecule has 2 aromatic carbocycles. The van der Waals surface area contributed by atoms with Crippen molar-refractivity contribution in [2.45, 2.75) is 6.42 Å². The van der Waals surface area contributed by atoms with E-state index in [1.54, 1.807) is 24.3 Å². The van der Waals surface area contributed by atoms with E-state index in [1.807, 2.05) is 18.2 Å². The Hall–Kier alpha value is -3.22. The van der Waals surface area contributed by atoms with Crippen molar-refractivity contribution in [3.05, 3.63) is 48.0 Å². The molecule has 1 heterocycles. The molecule has 136 valence electrons. The summed E-state index contributed by atoms with van der Waals surface area (Å²) in [5.41, 5.74) is 1.93. The molecular weight excluding hydrogens is 336 g/mol. The number of esters is 1. The van der Waals surface area contributed by atoms with Gasteiger partial charge in [0.2, 0.25) is 5.91 Å². The second-order valence-electron chi connectivity index (χ2n) is 5.65. The Morgan fingerprint density at radius 1 is 1.00 bits per heavy atom. The average Bonchev–Trinajstić information content (AvgIpc) is 2.68. The minimum Gasteiger partial charge on any atom is -0.486 e. The number of hydrogen-bond acceptors (Lipinski definition) is 6. The summed E-state index contributed by atoms with van der Waals surface area (Å²) in [6.07, 6.45) is 0.299. The summed E-state index contributed by atoms with van der Waals surface area (Å²) in [4.78, 5) is 23.4. The Morgan fingerprint density at radius 3 is 2.42 bits per heavy atom. The predicted octanol–water partition coefficient (Wildman–Crippen LogP) is 2.69. The van der Waals surface area contributed by atoms with E-state index in [9.17, 15) is 9.59 Å². The number of ether oxygens (including phenoxy) is 3. The van der Waals surface area contributed by atoms with E-state index in [0.29, 0.717) is 43.2 Å². The van der Waals surface area contributed by atoms with Gasteiger partial charge in [0.15, 0.2) is 11.5 Å². The van der Waals surface area contributed by atoms with Crippen LogP contribution in [0.2, 0.25) is 0 Å². The molecule has 0 aromatic heterocycles. The van der Waals surface area contributed by atoms with Crippen molar-refractivity contribution >= 4 is 23.3 Å². The van der Waals surface area contributed by atoms with E-state index >= 15 is 0 Å². The van der Waals surface area contributed by atoms with E-state index in [4.69, 9.17) is 9.47 Å². The Kier molecular flexibility index (Phi) is 5.58. The number of amides is 1. The van der Waals surface area contributed by atoms with E-state index in [1.165, 1.54) is 7.11 Å². The molecule has 2 aromatic rings. The van der Waals surface area contributed by atoms with Gasteiger partial charge in [-0.25, -0.2) is 4.79 Å². The Labute approximate surface area is 151 Å². The van der Waals surface area contributed by atoms with Crippen molar-refractivity contribution in [2.75, 3.05) is 37.5 Å². The van der Waals surface area contributed by atoms with Crippen LogP contribution in [0.1, 0.15) is 16.8 Å². The minimum atomic E-state index is -0.411. The molecule has 0 aliphatic carbocycles. The number of carbonyl (C=O) groups excluding carboxylic acids is 2. The summed E-state index contributed by atoms with van der Waals surface area (Å²) in [5.74, 6) is 0.902. The van der Waals surface area contributed by atoms with Gasteiger partial charge in [-0.1, -0.05) is 0 Å². The van der Waals surface area contributed by atoms with Crippen LogP contribution in [0.25, 0.3) is 0 Å². The molecule has 1 aliphatic rings. The molecule has 7 nitrogen and oxygen atoms in total. The Morgan fingerprint density at radius 2 is 1.69 bits per heavy atom. The molecule has 0 radical (unpaired) electrons. The van der Waals surface area contributed by atoms with Gasteiger partial charge in [0.25, 0.3) is 0 Å². The smallest absolute Gasteiger partial charge is 0.337 e. The fourth-order valence-electron chi connectivity index (χ4n) is 2.50.